The van der Waals surface area contributed by atoms with Gasteiger partial charge < -0.3 is 9.64 Å². The average Bonchev–Trinajstić information content (AvgIpc) is 2.73. The molecule has 2 aromatic heterocycles. The summed E-state index contributed by atoms with van der Waals surface area (Å²) in [5.74, 6) is 2.01. The van der Waals surface area contributed by atoms with Crippen molar-refractivity contribution < 1.29 is 4.74 Å². The van der Waals surface area contributed by atoms with Gasteiger partial charge in [0.15, 0.2) is 5.65 Å². The van der Waals surface area contributed by atoms with E-state index in [4.69, 9.17) is 4.74 Å². The largest absolute Gasteiger partial charge is 0.378 e. The van der Waals surface area contributed by atoms with Crippen LogP contribution in [0.15, 0.2) is 12.3 Å². The summed E-state index contributed by atoms with van der Waals surface area (Å²) in [5.41, 5.74) is 2.09. The molecule has 0 atom stereocenters. The number of hydrogen-bond donors (Lipinski definition) is 0. The fourth-order valence-electron chi connectivity index (χ4n) is 2.30. The molecule has 1 saturated heterocycles. The number of fused-ring (bicyclic) bond motifs is 1. The van der Waals surface area contributed by atoms with Gasteiger partial charge in [0, 0.05) is 24.8 Å². The summed E-state index contributed by atoms with van der Waals surface area (Å²) >= 11 is 0. The minimum atomic E-state index is 0.782. The Balaban J connectivity index is 2.05. The highest BCUT2D eigenvalue weighted by molar-refractivity contribution is 5.50. The van der Waals surface area contributed by atoms with Crippen LogP contribution < -0.4 is 4.90 Å². The lowest BCUT2D eigenvalue weighted by atomic mass is 10.3. The summed E-state index contributed by atoms with van der Waals surface area (Å²) in [5, 5.41) is 0. The van der Waals surface area contributed by atoms with E-state index in [1.807, 2.05) is 13.1 Å². The van der Waals surface area contributed by atoms with Gasteiger partial charge >= 0.3 is 0 Å². The van der Waals surface area contributed by atoms with Gasteiger partial charge in [-0.2, -0.15) is 0 Å². The Bertz CT molecular complexity index is 543. The smallest absolute Gasteiger partial charge is 0.159 e. The van der Waals surface area contributed by atoms with Crippen LogP contribution in [0.2, 0.25) is 0 Å². The number of rotatable bonds is 1. The van der Waals surface area contributed by atoms with Gasteiger partial charge in [-0.25, -0.2) is 9.97 Å². The maximum Gasteiger partial charge on any atom is 0.159 e. The molecule has 0 saturated carbocycles. The van der Waals surface area contributed by atoms with E-state index < -0.39 is 0 Å². The molecule has 0 bridgehead atoms. The molecule has 1 aliphatic rings. The molecule has 1 aliphatic heterocycles. The Morgan fingerprint density at radius 1 is 1.24 bits per heavy atom. The minimum absolute atomic E-state index is 0.782. The third kappa shape index (κ3) is 1.76. The van der Waals surface area contributed by atoms with Gasteiger partial charge in [-0.1, -0.05) is 0 Å². The lowest BCUT2D eigenvalue weighted by Crippen LogP contribution is -2.36. The fourth-order valence-corrected chi connectivity index (χ4v) is 2.30. The maximum absolute atomic E-state index is 5.36. The number of ether oxygens (including phenoxy) is 1. The van der Waals surface area contributed by atoms with Crippen molar-refractivity contribution in [2.75, 3.05) is 31.2 Å². The molecule has 0 N–H and O–H groups in total. The minimum Gasteiger partial charge on any atom is -0.378 e. The fraction of sp³-hybridized carbons (Fsp3) is 0.500. The molecule has 90 valence electrons. The first-order valence-electron chi connectivity index (χ1n) is 5.90. The van der Waals surface area contributed by atoms with Gasteiger partial charge in [-0.3, -0.25) is 4.40 Å². The Labute approximate surface area is 100 Å². The Morgan fingerprint density at radius 3 is 2.76 bits per heavy atom. The van der Waals surface area contributed by atoms with Crippen molar-refractivity contribution in [2.45, 2.75) is 13.8 Å². The topological polar surface area (TPSA) is 42.7 Å². The van der Waals surface area contributed by atoms with E-state index in [0.717, 1.165) is 43.6 Å². The molecule has 3 heterocycles. The van der Waals surface area contributed by atoms with E-state index in [1.165, 1.54) is 5.69 Å². The lowest BCUT2D eigenvalue weighted by Gasteiger charge is -2.28. The van der Waals surface area contributed by atoms with Crippen molar-refractivity contribution in [2.24, 2.45) is 0 Å². The highest BCUT2D eigenvalue weighted by Crippen LogP contribution is 2.17. The SMILES string of the molecule is Cc1cc(N2CCOCC2)nc2cnc(C)n12. The average molecular weight is 232 g/mol. The van der Waals surface area contributed by atoms with Crippen LogP contribution in [0.1, 0.15) is 11.5 Å². The van der Waals surface area contributed by atoms with Crippen molar-refractivity contribution in [3.63, 3.8) is 0 Å². The van der Waals surface area contributed by atoms with Crippen LogP contribution in [0, 0.1) is 13.8 Å². The first-order valence-corrected chi connectivity index (χ1v) is 5.90. The Hall–Kier alpha value is -1.62. The molecule has 5 heteroatoms. The van der Waals surface area contributed by atoms with E-state index in [9.17, 15) is 0 Å². The molecule has 0 radical (unpaired) electrons. The molecule has 0 unspecified atom stereocenters. The lowest BCUT2D eigenvalue weighted by molar-refractivity contribution is 0.122. The van der Waals surface area contributed by atoms with Crippen molar-refractivity contribution in [1.82, 2.24) is 14.4 Å². The predicted octanol–water partition coefficient (Wildman–Crippen LogP) is 1.18. The van der Waals surface area contributed by atoms with Crippen LogP contribution in [0.3, 0.4) is 0 Å². The summed E-state index contributed by atoms with van der Waals surface area (Å²) in [6.45, 7) is 7.48. The Morgan fingerprint density at radius 2 is 2.00 bits per heavy atom. The van der Waals surface area contributed by atoms with Crippen LogP contribution in [0.5, 0.6) is 0 Å². The molecule has 0 spiro atoms. The molecular weight excluding hydrogens is 216 g/mol. The summed E-state index contributed by atoms with van der Waals surface area (Å²) in [4.78, 5) is 11.2. The zero-order valence-electron chi connectivity index (χ0n) is 10.2. The molecular formula is C12H16N4O. The van der Waals surface area contributed by atoms with Gasteiger partial charge in [0.1, 0.15) is 11.6 Å². The van der Waals surface area contributed by atoms with Gasteiger partial charge in [0.05, 0.1) is 19.4 Å². The van der Waals surface area contributed by atoms with Crippen molar-refractivity contribution in [1.29, 1.82) is 0 Å². The molecule has 17 heavy (non-hydrogen) atoms. The summed E-state index contributed by atoms with van der Waals surface area (Å²) in [6.07, 6.45) is 1.83. The van der Waals surface area contributed by atoms with Crippen molar-refractivity contribution in [3.05, 3.63) is 23.8 Å². The Kier molecular flexibility index (Phi) is 2.48. The third-order valence-corrected chi connectivity index (χ3v) is 3.17. The van der Waals surface area contributed by atoms with Crippen LogP contribution >= 0.6 is 0 Å². The molecule has 1 fully saturated rings. The number of anilines is 1. The number of aromatic nitrogens is 3. The molecule has 0 aliphatic carbocycles. The van der Waals surface area contributed by atoms with Gasteiger partial charge in [-0.15, -0.1) is 0 Å². The number of nitrogens with zero attached hydrogens (tertiary/aromatic N) is 4. The van der Waals surface area contributed by atoms with E-state index in [1.54, 1.807) is 0 Å². The maximum atomic E-state index is 5.36. The first kappa shape index (κ1) is 10.5. The summed E-state index contributed by atoms with van der Waals surface area (Å²) < 4.78 is 7.43. The van der Waals surface area contributed by atoms with Gasteiger partial charge in [-0.05, 0) is 13.8 Å². The first-order chi connectivity index (χ1) is 8.25. The van der Waals surface area contributed by atoms with E-state index in [-0.39, 0.29) is 0 Å². The third-order valence-electron chi connectivity index (χ3n) is 3.17. The highest BCUT2D eigenvalue weighted by Gasteiger charge is 2.14. The van der Waals surface area contributed by atoms with Crippen LogP contribution in [0.4, 0.5) is 5.82 Å². The normalized spacial score (nSPS) is 16.7. The number of imidazole rings is 1. The molecule has 3 rings (SSSR count). The standard InChI is InChI=1S/C12H16N4O/c1-9-7-11(15-3-5-17-6-4-15)14-12-8-13-10(2)16(9)12/h7-8H,3-6H2,1-2H3. The molecule has 5 nitrogen and oxygen atoms in total. The van der Waals surface area contributed by atoms with Gasteiger partial charge in [0.25, 0.3) is 0 Å². The summed E-state index contributed by atoms with van der Waals surface area (Å²) in [6, 6.07) is 2.12. The zero-order valence-corrected chi connectivity index (χ0v) is 10.2. The van der Waals surface area contributed by atoms with Crippen molar-refractivity contribution in [3.8, 4) is 0 Å². The van der Waals surface area contributed by atoms with E-state index in [2.05, 4.69) is 32.3 Å². The van der Waals surface area contributed by atoms with E-state index >= 15 is 0 Å². The zero-order chi connectivity index (χ0) is 11.8. The van der Waals surface area contributed by atoms with E-state index in [0.29, 0.717) is 0 Å². The number of morpholine rings is 1. The molecule has 0 aromatic carbocycles. The quantitative estimate of drug-likeness (QED) is 0.740. The molecule has 2 aromatic rings. The van der Waals surface area contributed by atoms with Crippen LogP contribution in [0.25, 0.3) is 5.65 Å². The molecule has 0 amide bonds. The highest BCUT2D eigenvalue weighted by atomic mass is 16.5. The monoisotopic (exact) mass is 232 g/mol. The second-order valence-corrected chi connectivity index (χ2v) is 4.35. The van der Waals surface area contributed by atoms with Gasteiger partial charge in [0.2, 0.25) is 0 Å². The second-order valence-electron chi connectivity index (χ2n) is 4.35. The number of hydrogen-bond acceptors (Lipinski definition) is 4. The predicted molar refractivity (Wildman–Crippen MR) is 65.5 cm³/mol. The summed E-state index contributed by atoms with van der Waals surface area (Å²) in [7, 11) is 0. The van der Waals surface area contributed by atoms with Crippen molar-refractivity contribution >= 4 is 11.5 Å². The number of aryl methyl sites for hydroxylation is 2. The second kappa shape index (κ2) is 4.00. The van der Waals surface area contributed by atoms with Crippen LogP contribution in [-0.4, -0.2) is 40.7 Å². The van der Waals surface area contributed by atoms with Crippen LogP contribution in [-0.2, 0) is 4.74 Å².